The van der Waals surface area contributed by atoms with Crippen molar-refractivity contribution in [3.8, 4) is 22.8 Å². The molecule has 2 aromatic heterocycles. The Kier molecular flexibility index (Phi) is 5.12. The number of nitrogens with two attached hydrogens (primary N) is 1. The monoisotopic (exact) mass is 392 g/mol. The van der Waals surface area contributed by atoms with Crippen molar-refractivity contribution in [3.05, 3.63) is 66.1 Å². The van der Waals surface area contributed by atoms with Gasteiger partial charge in [0.2, 0.25) is 16.9 Å². The summed E-state index contributed by atoms with van der Waals surface area (Å²) in [4.78, 5) is 4.47. The molecule has 4 aromatic rings. The lowest BCUT2D eigenvalue weighted by atomic mass is 10.0. The Labute approximate surface area is 167 Å². The van der Waals surface area contributed by atoms with E-state index in [1.165, 1.54) is 22.0 Å². The molecule has 7 nitrogen and oxygen atoms in total. The zero-order chi connectivity index (χ0) is 19.5. The Bertz CT molecular complexity index is 1060. The average molecular weight is 392 g/mol. The first kappa shape index (κ1) is 18.2. The summed E-state index contributed by atoms with van der Waals surface area (Å²) >= 11 is 1.40. The van der Waals surface area contributed by atoms with E-state index >= 15 is 0 Å². The van der Waals surface area contributed by atoms with E-state index in [0.29, 0.717) is 34.4 Å². The van der Waals surface area contributed by atoms with Crippen LogP contribution < -0.4 is 5.84 Å². The predicted molar refractivity (Wildman–Crippen MR) is 109 cm³/mol. The molecule has 0 unspecified atom stereocenters. The fraction of sp³-hybridized carbons (Fsp3) is 0.200. The Morgan fingerprint density at radius 2 is 1.75 bits per heavy atom. The topological polar surface area (TPSA) is 95.7 Å². The van der Waals surface area contributed by atoms with Gasteiger partial charge in [-0.05, 0) is 11.5 Å². The van der Waals surface area contributed by atoms with Gasteiger partial charge in [-0.1, -0.05) is 85.4 Å². The summed E-state index contributed by atoms with van der Waals surface area (Å²) in [7, 11) is 0. The molecule has 0 saturated carbocycles. The first-order chi connectivity index (χ1) is 13.6. The van der Waals surface area contributed by atoms with Gasteiger partial charge in [-0.2, -0.15) is 4.98 Å². The van der Waals surface area contributed by atoms with Crippen molar-refractivity contribution in [2.75, 3.05) is 5.84 Å². The van der Waals surface area contributed by atoms with Crippen molar-refractivity contribution in [2.24, 2.45) is 0 Å². The molecular weight excluding hydrogens is 372 g/mol. The van der Waals surface area contributed by atoms with E-state index in [0.717, 1.165) is 11.1 Å². The summed E-state index contributed by atoms with van der Waals surface area (Å²) in [6.07, 6.45) is 0. The van der Waals surface area contributed by atoms with Gasteiger partial charge >= 0.3 is 0 Å². The first-order valence-corrected chi connectivity index (χ1v) is 9.92. The fourth-order valence-corrected chi connectivity index (χ4v) is 3.43. The molecule has 0 radical (unpaired) electrons. The Morgan fingerprint density at radius 3 is 2.46 bits per heavy atom. The van der Waals surface area contributed by atoms with Gasteiger partial charge in [0.05, 0.1) is 5.75 Å². The molecule has 2 aromatic carbocycles. The third-order valence-corrected chi connectivity index (χ3v) is 5.25. The normalized spacial score (nSPS) is 11.2. The van der Waals surface area contributed by atoms with Crippen LogP contribution in [0.2, 0.25) is 0 Å². The summed E-state index contributed by atoms with van der Waals surface area (Å²) in [5, 5.41) is 13.0. The third-order valence-electron chi connectivity index (χ3n) is 4.32. The fourth-order valence-electron chi connectivity index (χ4n) is 2.73. The van der Waals surface area contributed by atoms with Crippen molar-refractivity contribution >= 4 is 11.8 Å². The number of nitrogens with zero attached hydrogens (tertiary/aromatic N) is 5. The summed E-state index contributed by atoms with van der Waals surface area (Å²) < 4.78 is 6.84. The molecule has 0 fully saturated rings. The minimum absolute atomic E-state index is 0.460. The van der Waals surface area contributed by atoms with Crippen molar-refractivity contribution in [2.45, 2.75) is 30.7 Å². The highest BCUT2D eigenvalue weighted by atomic mass is 32.2. The van der Waals surface area contributed by atoms with Gasteiger partial charge in [-0.25, -0.2) is 4.68 Å². The van der Waals surface area contributed by atoms with Crippen LogP contribution in [0, 0.1) is 0 Å². The number of nitrogen functional groups attached to an aromatic ring is 1. The minimum atomic E-state index is 0.460. The van der Waals surface area contributed by atoms with Gasteiger partial charge in [0, 0.05) is 11.1 Å². The molecule has 2 heterocycles. The Hall–Kier alpha value is -3.13. The summed E-state index contributed by atoms with van der Waals surface area (Å²) in [5.74, 6) is 8.78. The predicted octanol–water partition coefficient (Wildman–Crippen LogP) is 4.12. The maximum atomic E-state index is 6.14. The highest BCUT2D eigenvalue weighted by Crippen LogP contribution is 2.25. The lowest BCUT2D eigenvalue weighted by molar-refractivity contribution is 0.391. The van der Waals surface area contributed by atoms with Gasteiger partial charge in [-0.3, -0.25) is 0 Å². The lowest BCUT2D eigenvalue weighted by Gasteiger charge is -2.04. The second-order valence-corrected chi connectivity index (χ2v) is 7.56. The zero-order valence-corrected chi connectivity index (χ0v) is 16.4. The number of aromatic nitrogens is 5. The van der Waals surface area contributed by atoms with Crippen LogP contribution in [0.1, 0.15) is 31.2 Å². The largest absolute Gasteiger partial charge is 0.338 e. The number of benzene rings is 2. The van der Waals surface area contributed by atoms with E-state index in [2.05, 4.69) is 46.3 Å². The van der Waals surface area contributed by atoms with E-state index < -0.39 is 0 Å². The van der Waals surface area contributed by atoms with Crippen LogP contribution in [0.4, 0.5) is 0 Å². The van der Waals surface area contributed by atoms with Crippen LogP contribution in [-0.4, -0.2) is 25.0 Å². The summed E-state index contributed by atoms with van der Waals surface area (Å²) in [5.41, 5.74) is 3.12. The molecule has 0 saturated heterocycles. The van der Waals surface area contributed by atoms with Crippen molar-refractivity contribution in [1.29, 1.82) is 0 Å². The molecule has 4 rings (SSSR count). The molecular formula is C20H20N6OS. The van der Waals surface area contributed by atoms with Crippen LogP contribution in [0.5, 0.6) is 0 Å². The Morgan fingerprint density at radius 1 is 1.00 bits per heavy atom. The molecule has 0 aliphatic rings. The maximum absolute atomic E-state index is 6.14. The number of rotatable bonds is 6. The quantitative estimate of drug-likeness (QED) is 0.389. The molecule has 2 N–H and O–H groups in total. The number of thioether (sulfide) groups is 1. The van der Waals surface area contributed by atoms with Crippen LogP contribution in [-0.2, 0) is 5.75 Å². The molecule has 8 heteroatoms. The first-order valence-electron chi connectivity index (χ1n) is 8.93. The highest BCUT2D eigenvalue weighted by molar-refractivity contribution is 7.98. The molecule has 0 spiro atoms. The van der Waals surface area contributed by atoms with E-state index in [9.17, 15) is 0 Å². The van der Waals surface area contributed by atoms with E-state index in [1.807, 2.05) is 42.5 Å². The van der Waals surface area contributed by atoms with Crippen molar-refractivity contribution < 1.29 is 4.52 Å². The Balaban J connectivity index is 1.45. The highest BCUT2D eigenvalue weighted by Gasteiger charge is 2.15. The van der Waals surface area contributed by atoms with Gasteiger partial charge in [0.1, 0.15) is 0 Å². The molecule has 0 atom stereocenters. The van der Waals surface area contributed by atoms with Gasteiger partial charge in [-0.15, -0.1) is 10.2 Å². The lowest BCUT2D eigenvalue weighted by Crippen LogP contribution is -2.11. The standard InChI is InChI=1S/C20H20N6OS/c1-13(2)14-8-10-15(11-9-14)18-22-17(27-25-18)12-28-20-24-23-19(26(20)21)16-6-4-3-5-7-16/h3-11,13H,12,21H2,1-2H3. The van der Waals surface area contributed by atoms with Crippen molar-refractivity contribution in [1.82, 2.24) is 25.0 Å². The maximum Gasteiger partial charge on any atom is 0.237 e. The van der Waals surface area contributed by atoms with Crippen LogP contribution >= 0.6 is 11.8 Å². The van der Waals surface area contributed by atoms with E-state index in [1.54, 1.807) is 0 Å². The zero-order valence-electron chi connectivity index (χ0n) is 15.6. The summed E-state index contributed by atoms with van der Waals surface area (Å²) in [6, 6.07) is 17.9. The minimum Gasteiger partial charge on any atom is -0.338 e. The number of hydrogen-bond acceptors (Lipinski definition) is 7. The second kappa shape index (κ2) is 7.85. The van der Waals surface area contributed by atoms with Crippen LogP contribution in [0.15, 0.2) is 64.3 Å². The van der Waals surface area contributed by atoms with E-state index in [-0.39, 0.29) is 0 Å². The average Bonchev–Trinajstić information content (AvgIpc) is 3.34. The van der Waals surface area contributed by atoms with Gasteiger partial charge in [0.15, 0.2) is 5.82 Å². The van der Waals surface area contributed by atoms with Crippen LogP contribution in [0.3, 0.4) is 0 Å². The second-order valence-electron chi connectivity index (χ2n) is 6.62. The summed E-state index contributed by atoms with van der Waals surface area (Å²) in [6.45, 7) is 4.33. The molecule has 0 amide bonds. The van der Waals surface area contributed by atoms with Gasteiger partial charge < -0.3 is 10.4 Å². The molecule has 0 aliphatic carbocycles. The number of hydrogen-bond donors (Lipinski definition) is 1. The van der Waals surface area contributed by atoms with Gasteiger partial charge in [0.25, 0.3) is 0 Å². The van der Waals surface area contributed by atoms with Crippen molar-refractivity contribution in [3.63, 3.8) is 0 Å². The third kappa shape index (κ3) is 3.77. The smallest absolute Gasteiger partial charge is 0.237 e. The molecule has 142 valence electrons. The van der Waals surface area contributed by atoms with Crippen LogP contribution in [0.25, 0.3) is 22.8 Å². The molecule has 0 bridgehead atoms. The van der Waals surface area contributed by atoms with E-state index in [4.69, 9.17) is 10.4 Å². The SMILES string of the molecule is CC(C)c1ccc(-c2noc(CSc3nnc(-c4ccccc4)n3N)n2)cc1. The molecule has 28 heavy (non-hydrogen) atoms. The molecule has 0 aliphatic heterocycles.